The van der Waals surface area contributed by atoms with Crippen LogP contribution in [0.1, 0.15) is 24.3 Å². The van der Waals surface area contributed by atoms with E-state index >= 15 is 0 Å². The Morgan fingerprint density at radius 2 is 2.06 bits per heavy atom. The molecule has 0 spiro atoms. The highest BCUT2D eigenvalue weighted by Gasteiger charge is 2.12. The van der Waals surface area contributed by atoms with Crippen LogP contribution in [0, 0.1) is 0 Å². The third kappa shape index (κ3) is 3.01. The van der Waals surface area contributed by atoms with Gasteiger partial charge in [-0.3, -0.25) is 4.79 Å². The summed E-state index contributed by atoms with van der Waals surface area (Å²) in [5.74, 6) is -0.161. The lowest BCUT2D eigenvalue weighted by molar-refractivity contribution is 0.0580. The molecule has 0 fully saturated rings. The van der Waals surface area contributed by atoms with E-state index in [9.17, 15) is 4.79 Å². The van der Waals surface area contributed by atoms with Crippen LogP contribution < -0.4 is 0 Å². The molecule has 0 aliphatic carbocycles. The number of hydrogen-bond acceptors (Lipinski definition) is 4. The monoisotopic (exact) mass is 245 g/mol. The van der Waals surface area contributed by atoms with Crippen molar-refractivity contribution >= 4 is 5.78 Å². The normalized spacial score (nSPS) is 10.8. The van der Waals surface area contributed by atoms with Crippen LogP contribution >= 0.6 is 0 Å². The van der Waals surface area contributed by atoms with Crippen LogP contribution in [-0.2, 0) is 4.74 Å². The first-order valence-electron chi connectivity index (χ1n) is 5.79. The lowest BCUT2D eigenvalue weighted by Gasteiger charge is -2.04. The molecule has 1 heterocycles. The number of ketones is 1. The van der Waals surface area contributed by atoms with Crippen molar-refractivity contribution in [1.82, 2.24) is 15.0 Å². The predicted octanol–water partition coefficient (Wildman–Crippen LogP) is 1.88. The third-order valence-electron chi connectivity index (χ3n) is 2.31. The van der Waals surface area contributed by atoms with Crippen LogP contribution in [0.4, 0.5) is 0 Å². The van der Waals surface area contributed by atoms with Crippen LogP contribution in [0.2, 0.25) is 0 Å². The molecule has 1 aromatic heterocycles. The maximum atomic E-state index is 11.8. The Morgan fingerprint density at radius 3 is 2.72 bits per heavy atom. The topological polar surface area (TPSA) is 57.0 Å². The second-order valence-corrected chi connectivity index (χ2v) is 4.14. The van der Waals surface area contributed by atoms with Crippen molar-refractivity contribution in [3.8, 4) is 5.69 Å². The summed E-state index contributed by atoms with van der Waals surface area (Å²) in [5, 5.41) is 8.20. The van der Waals surface area contributed by atoms with Gasteiger partial charge in [-0.25, -0.2) is 0 Å². The Kier molecular flexibility index (Phi) is 3.84. The first-order valence-corrected chi connectivity index (χ1v) is 5.79. The molecule has 0 saturated carbocycles. The van der Waals surface area contributed by atoms with Gasteiger partial charge in [-0.1, -0.05) is 18.2 Å². The van der Waals surface area contributed by atoms with Gasteiger partial charge in [-0.05, 0) is 26.0 Å². The summed E-state index contributed by atoms with van der Waals surface area (Å²) in [7, 11) is 0. The van der Waals surface area contributed by atoms with Gasteiger partial charge in [0.15, 0.2) is 5.69 Å². The molecule has 0 aliphatic rings. The van der Waals surface area contributed by atoms with Crippen molar-refractivity contribution in [2.45, 2.75) is 20.0 Å². The summed E-state index contributed by atoms with van der Waals surface area (Å²) in [4.78, 5) is 13.2. The van der Waals surface area contributed by atoms with Crippen LogP contribution in [-0.4, -0.2) is 33.5 Å². The molecule has 0 atom stereocenters. The van der Waals surface area contributed by atoms with E-state index in [0.717, 1.165) is 5.69 Å². The molecule has 0 N–H and O–H groups in total. The number of aromatic nitrogens is 3. The highest BCUT2D eigenvalue weighted by atomic mass is 16.5. The molecule has 0 saturated heterocycles. The highest BCUT2D eigenvalue weighted by Crippen LogP contribution is 2.05. The number of carbonyl (C=O) groups excluding carboxylic acids is 1. The lowest BCUT2D eigenvalue weighted by Crippen LogP contribution is -2.14. The SMILES string of the molecule is CC(C)OCC(=O)c1cnn(-c2ccccc2)n1. The average Bonchev–Trinajstić information content (AvgIpc) is 2.86. The fourth-order valence-corrected chi connectivity index (χ4v) is 1.39. The maximum Gasteiger partial charge on any atom is 0.210 e. The molecule has 5 nitrogen and oxygen atoms in total. The fourth-order valence-electron chi connectivity index (χ4n) is 1.39. The van der Waals surface area contributed by atoms with Crippen molar-refractivity contribution in [1.29, 1.82) is 0 Å². The van der Waals surface area contributed by atoms with E-state index in [1.165, 1.54) is 11.0 Å². The number of benzene rings is 1. The number of para-hydroxylation sites is 1. The molecule has 1 aromatic carbocycles. The second kappa shape index (κ2) is 5.55. The van der Waals surface area contributed by atoms with Gasteiger partial charge in [0, 0.05) is 0 Å². The molecular formula is C13H15N3O2. The van der Waals surface area contributed by atoms with Gasteiger partial charge < -0.3 is 4.74 Å². The zero-order valence-corrected chi connectivity index (χ0v) is 10.4. The van der Waals surface area contributed by atoms with Gasteiger partial charge >= 0.3 is 0 Å². The van der Waals surface area contributed by atoms with E-state index < -0.39 is 0 Å². The summed E-state index contributed by atoms with van der Waals surface area (Å²) in [5.41, 5.74) is 1.14. The average molecular weight is 245 g/mol. The predicted molar refractivity (Wildman–Crippen MR) is 66.8 cm³/mol. The zero-order chi connectivity index (χ0) is 13.0. The van der Waals surface area contributed by atoms with Crippen LogP contribution in [0.15, 0.2) is 36.5 Å². The molecule has 5 heteroatoms. The molecule has 0 amide bonds. The summed E-state index contributed by atoms with van der Waals surface area (Å²) in [6.07, 6.45) is 1.48. The standard InChI is InChI=1S/C13H15N3O2/c1-10(2)18-9-13(17)12-8-14-16(15-12)11-6-4-3-5-7-11/h3-8,10H,9H2,1-2H3. The van der Waals surface area contributed by atoms with E-state index in [1.807, 2.05) is 44.2 Å². The van der Waals surface area contributed by atoms with Crippen molar-refractivity contribution in [3.63, 3.8) is 0 Å². The molecule has 0 bridgehead atoms. The van der Waals surface area contributed by atoms with Gasteiger partial charge in [-0.15, -0.1) is 5.10 Å². The quantitative estimate of drug-likeness (QED) is 0.755. The van der Waals surface area contributed by atoms with Gasteiger partial charge in [0.1, 0.15) is 6.61 Å². The Hall–Kier alpha value is -2.01. The van der Waals surface area contributed by atoms with E-state index in [1.54, 1.807) is 0 Å². The number of nitrogens with zero attached hydrogens (tertiary/aromatic N) is 3. The first kappa shape index (κ1) is 12.4. The molecule has 0 radical (unpaired) electrons. The second-order valence-electron chi connectivity index (χ2n) is 4.14. The minimum Gasteiger partial charge on any atom is -0.371 e. The van der Waals surface area contributed by atoms with E-state index in [4.69, 9.17) is 4.74 Å². The Balaban J connectivity index is 2.09. The summed E-state index contributed by atoms with van der Waals surface area (Å²) in [6, 6.07) is 9.44. The largest absolute Gasteiger partial charge is 0.371 e. The molecule has 18 heavy (non-hydrogen) atoms. The molecule has 2 rings (SSSR count). The third-order valence-corrected chi connectivity index (χ3v) is 2.31. The Bertz CT molecular complexity index is 520. The molecule has 94 valence electrons. The molecule has 0 aliphatic heterocycles. The van der Waals surface area contributed by atoms with Crippen molar-refractivity contribution in [2.75, 3.05) is 6.61 Å². The minimum absolute atomic E-state index is 0.0260. The fraction of sp³-hybridized carbons (Fsp3) is 0.308. The summed E-state index contributed by atoms with van der Waals surface area (Å²) in [6.45, 7) is 3.80. The lowest BCUT2D eigenvalue weighted by atomic mass is 10.3. The summed E-state index contributed by atoms with van der Waals surface area (Å²) < 4.78 is 5.25. The van der Waals surface area contributed by atoms with Gasteiger partial charge in [0.2, 0.25) is 5.78 Å². The molecule has 2 aromatic rings. The number of Topliss-reactive ketones (excluding diaryl/α,β-unsaturated/α-hetero) is 1. The van der Waals surface area contributed by atoms with E-state index in [2.05, 4.69) is 10.2 Å². The first-order chi connectivity index (χ1) is 8.66. The van der Waals surface area contributed by atoms with Gasteiger partial charge in [-0.2, -0.15) is 9.90 Å². The van der Waals surface area contributed by atoms with Crippen LogP contribution in [0.5, 0.6) is 0 Å². The maximum absolute atomic E-state index is 11.8. The van der Waals surface area contributed by atoms with Crippen LogP contribution in [0.3, 0.4) is 0 Å². The minimum atomic E-state index is -0.161. The summed E-state index contributed by atoms with van der Waals surface area (Å²) >= 11 is 0. The smallest absolute Gasteiger partial charge is 0.210 e. The van der Waals surface area contributed by atoms with Crippen molar-refractivity contribution < 1.29 is 9.53 Å². The number of hydrogen-bond donors (Lipinski definition) is 0. The van der Waals surface area contributed by atoms with Crippen molar-refractivity contribution in [3.05, 3.63) is 42.2 Å². The molecular weight excluding hydrogens is 230 g/mol. The van der Waals surface area contributed by atoms with Crippen molar-refractivity contribution in [2.24, 2.45) is 0 Å². The number of carbonyl (C=O) groups is 1. The van der Waals surface area contributed by atoms with Gasteiger partial charge in [0.05, 0.1) is 18.0 Å². The number of rotatable bonds is 5. The Labute approximate surface area is 105 Å². The van der Waals surface area contributed by atoms with E-state index in [-0.39, 0.29) is 18.5 Å². The highest BCUT2D eigenvalue weighted by molar-refractivity contribution is 5.94. The Morgan fingerprint density at radius 1 is 1.33 bits per heavy atom. The van der Waals surface area contributed by atoms with Crippen LogP contribution in [0.25, 0.3) is 5.69 Å². The molecule has 0 unspecified atom stereocenters. The van der Waals surface area contributed by atoms with E-state index in [0.29, 0.717) is 5.69 Å². The van der Waals surface area contributed by atoms with Gasteiger partial charge in [0.25, 0.3) is 0 Å². The number of ether oxygens (including phenoxy) is 1. The zero-order valence-electron chi connectivity index (χ0n) is 10.4.